The summed E-state index contributed by atoms with van der Waals surface area (Å²) in [5.41, 5.74) is -0.164. The SMILES string of the molecule is Cc1c(C#N)c(O)n(CCCO)c(=O)c1N=Nc1ccc2c(c1)C(=O)NC2=O. The number of azo groups is 1. The van der Waals surface area contributed by atoms with E-state index in [1.807, 2.05) is 6.07 Å². The summed E-state index contributed by atoms with van der Waals surface area (Å²) in [4.78, 5) is 36.0. The fraction of sp³-hybridized carbons (Fsp3) is 0.222. The Balaban J connectivity index is 2.06. The molecule has 2 heterocycles. The van der Waals surface area contributed by atoms with Crippen molar-refractivity contribution in [2.24, 2.45) is 10.2 Å². The summed E-state index contributed by atoms with van der Waals surface area (Å²) in [7, 11) is 0. The Kier molecular flexibility index (Phi) is 5.02. The molecule has 0 radical (unpaired) electrons. The number of aliphatic hydroxyl groups excluding tert-OH is 1. The van der Waals surface area contributed by atoms with Gasteiger partial charge in [0, 0.05) is 18.7 Å². The van der Waals surface area contributed by atoms with Crippen LogP contribution in [0.15, 0.2) is 33.2 Å². The number of nitrogens with zero attached hydrogens (tertiary/aromatic N) is 4. The molecule has 0 aliphatic carbocycles. The van der Waals surface area contributed by atoms with Crippen LogP contribution < -0.4 is 10.9 Å². The zero-order chi connectivity index (χ0) is 20.4. The zero-order valence-corrected chi connectivity index (χ0v) is 14.8. The van der Waals surface area contributed by atoms with Crippen LogP contribution in [0.4, 0.5) is 11.4 Å². The summed E-state index contributed by atoms with van der Waals surface area (Å²) in [6, 6.07) is 6.08. The molecule has 1 aliphatic heterocycles. The van der Waals surface area contributed by atoms with Crippen molar-refractivity contribution >= 4 is 23.2 Å². The van der Waals surface area contributed by atoms with Crippen molar-refractivity contribution < 1.29 is 19.8 Å². The van der Waals surface area contributed by atoms with E-state index in [1.54, 1.807) is 0 Å². The van der Waals surface area contributed by atoms with Crippen molar-refractivity contribution in [3.05, 3.63) is 50.8 Å². The molecule has 0 saturated carbocycles. The molecular weight excluding hydrogens is 366 g/mol. The van der Waals surface area contributed by atoms with Gasteiger partial charge in [-0.05, 0) is 31.5 Å². The minimum atomic E-state index is -0.666. The number of carbonyl (C=O) groups excluding carboxylic acids is 2. The van der Waals surface area contributed by atoms with Crippen molar-refractivity contribution in [1.82, 2.24) is 9.88 Å². The number of aliphatic hydroxyl groups is 1. The number of aromatic nitrogens is 1. The van der Waals surface area contributed by atoms with Crippen LogP contribution in [0.1, 0.15) is 38.3 Å². The number of hydrogen-bond donors (Lipinski definition) is 3. The normalized spacial score (nSPS) is 12.9. The maximum atomic E-state index is 12.6. The van der Waals surface area contributed by atoms with E-state index < -0.39 is 23.3 Å². The molecule has 0 spiro atoms. The van der Waals surface area contributed by atoms with Gasteiger partial charge in [0.25, 0.3) is 17.4 Å². The third kappa shape index (κ3) is 3.15. The van der Waals surface area contributed by atoms with Crippen molar-refractivity contribution in [1.29, 1.82) is 5.26 Å². The van der Waals surface area contributed by atoms with Crippen LogP contribution in [0.3, 0.4) is 0 Å². The number of nitrogens with one attached hydrogen (secondary N) is 1. The predicted octanol–water partition coefficient (Wildman–Crippen LogP) is 1.42. The third-order valence-corrected chi connectivity index (χ3v) is 4.29. The van der Waals surface area contributed by atoms with Gasteiger partial charge in [-0.3, -0.25) is 24.3 Å². The monoisotopic (exact) mass is 381 g/mol. The number of hydrogen-bond acceptors (Lipinski definition) is 8. The second kappa shape index (κ2) is 7.42. The number of carbonyl (C=O) groups is 2. The summed E-state index contributed by atoms with van der Waals surface area (Å²) >= 11 is 0. The van der Waals surface area contributed by atoms with E-state index in [4.69, 9.17) is 5.11 Å². The summed E-state index contributed by atoms with van der Waals surface area (Å²) in [6.45, 7) is 1.26. The van der Waals surface area contributed by atoms with Gasteiger partial charge >= 0.3 is 0 Å². The second-order valence-corrected chi connectivity index (χ2v) is 6.03. The Morgan fingerprint density at radius 1 is 1.18 bits per heavy atom. The fourth-order valence-corrected chi connectivity index (χ4v) is 2.82. The molecular formula is C18H15N5O5. The van der Waals surface area contributed by atoms with Gasteiger partial charge in [-0.15, -0.1) is 5.11 Å². The molecule has 10 nitrogen and oxygen atoms in total. The molecule has 0 unspecified atom stereocenters. The van der Waals surface area contributed by atoms with Gasteiger partial charge in [0.2, 0.25) is 5.88 Å². The molecule has 3 rings (SSSR count). The van der Waals surface area contributed by atoms with Crippen LogP contribution in [0.5, 0.6) is 5.88 Å². The fourth-order valence-electron chi connectivity index (χ4n) is 2.82. The number of aromatic hydroxyl groups is 1. The molecule has 0 atom stereocenters. The molecule has 10 heteroatoms. The van der Waals surface area contributed by atoms with Gasteiger partial charge < -0.3 is 10.2 Å². The average molecular weight is 381 g/mol. The molecule has 3 N–H and O–H groups in total. The highest BCUT2D eigenvalue weighted by molar-refractivity contribution is 6.21. The van der Waals surface area contributed by atoms with Crippen LogP contribution >= 0.6 is 0 Å². The van der Waals surface area contributed by atoms with Crippen LogP contribution in [0.2, 0.25) is 0 Å². The summed E-state index contributed by atoms with van der Waals surface area (Å²) in [5.74, 6) is -1.54. The Labute approximate surface area is 158 Å². The Hall–Kier alpha value is -3.84. The number of benzene rings is 1. The number of rotatable bonds is 5. The number of imide groups is 1. The van der Waals surface area contributed by atoms with Crippen LogP contribution in [0, 0.1) is 18.3 Å². The number of fused-ring (bicyclic) bond motifs is 1. The van der Waals surface area contributed by atoms with Gasteiger partial charge in [-0.1, -0.05) is 0 Å². The van der Waals surface area contributed by atoms with Crippen LogP contribution in [-0.2, 0) is 6.54 Å². The first-order valence-corrected chi connectivity index (χ1v) is 8.27. The Bertz CT molecular complexity index is 1130. The molecule has 0 saturated heterocycles. The van der Waals surface area contributed by atoms with Crippen LogP contribution in [-0.4, -0.2) is 33.2 Å². The lowest BCUT2D eigenvalue weighted by atomic mass is 10.1. The first kappa shape index (κ1) is 18.9. The number of amides is 2. The molecule has 142 valence electrons. The van der Waals surface area contributed by atoms with Crippen molar-refractivity contribution in [2.75, 3.05) is 6.61 Å². The number of nitriles is 1. The average Bonchev–Trinajstić information content (AvgIpc) is 2.95. The lowest BCUT2D eigenvalue weighted by Gasteiger charge is -2.12. The molecule has 28 heavy (non-hydrogen) atoms. The Morgan fingerprint density at radius 3 is 2.57 bits per heavy atom. The highest BCUT2D eigenvalue weighted by Gasteiger charge is 2.26. The molecule has 2 aromatic rings. The maximum Gasteiger partial charge on any atom is 0.281 e. The largest absolute Gasteiger partial charge is 0.493 e. The summed E-state index contributed by atoms with van der Waals surface area (Å²) < 4.78 is 0.949. The Morgan fingerprint density at radius 2 is 1.89 bits per heavy atom. The van der Waals surface area contributed by atoms with Gasteiger partial charge in [0.05, 0.1) is 16.8 Å². The van der Waals surface area contributed by atoms with Crippen molar-refractivity contribution in [3.63, 3.8) is 0 Å². The van der Waals surface area contributed by atoms with E-state index in [1.165, 1.54) is 25.1 Å². The second-order valence-electron chi connectivity index (χ2n) is 6.03. The van der Waals surface area contributed by atoms with E-state index in [-0.39, 0.29) is 53.2 Å². The van der Waals surface area contributed by atoms with Gasteiger partial charge in [-0.25, -0.2) is 0 Å². The van der Waals surface area contributed by atoms with Gasteiger partial charge in [0.1, 0.15) is 11.6 Å². The minimum Gasteiger partial charge on any atom is -0.493 e. The first-order chi connectivity index (χ1) is 13.4. The lowest BCUT2D eigenvalue weighted by Crippen LogP contribution is -2.22. The van der Waals surface area contributed by atoms with Gasteiger partial charge in [0.15, 0.2) is 5.69 Å². The quantitative estimate of drug-likeness (QED) is 0.525. The minimum absolute atomic E-state index is 0.000224. The zero-order valence-electron chi connectivity index (χ0n) is 14.8. The maximum absolute atomic E-state index is 12.6. The van der Waals surface area contributed by atoms with E-state index in [9.17, 15) is 24.8 Å². The highest BCUT2D eigenvalue weighted by atomic mass is 16.3. The first-order valence-electron chi connectivity index (χ1n) is 8.27. The summed E-state index contributed by atoms with van der Waals surface area (Å²) in [5, 5.41) is 38.4. The smallest absolute Gasteiger partial charge is 0.281 e. The number of pyridine rings is 1. The lowest BCUT2D eigenvalue weighted by molar-refractivity contribution is 0.0879. The molecule has 2 amide bonds. The van der Waals surface area contributed by atoms with E-state index >= 15 is 0 Å². The molecule has 1 aliphatic rings. The molecule has 0 fully saturated rings. The summed E-state index contributed by atoms with van der Waals surface area (Å²) in [6.07, 6.45) is 0.200. The molecule has 1 aromatic heterocycles. The van der Waals surface area contributed by atoms with Crippen LogP contribution in [0.25, 0.3) is 0 Å². The topological polar surface area (TPSA) is 157 Å². The van der Waals surface area contributed by atoms with E-state index in [0.29, 0.717) is 0 Å². The molecule has 1 aromatic carbocycles. The molecule has 0 bridgehead atoms. The van der Waals surface area contributed by atoms with Crippen molar-refractivity contribution in [2.45, 2.75) is 19.9 Å². The van der Waals surface area contributed by atoms with Gasteiger partial charge in [-0.2, -0.15) is 10.4 Å². The van der Waals surface area contributed by atoms with Crippen molar-refractivity contribution in [3.8, 4) is 11.9 Å². The van der Waals surface area contributed by atoms with E-state index in [0.717, 1.165) is 4.57 Å². The van der Waals surface area contributed by atoms with E-state index in [2.05, 4.69) is 15.5 Å². The standard InChI is InChI=1S/C18H15N5O5/c1-9-13(8-19)17(27)23(5-2-6-24)18(28)14(9)22-21-10-3-4-11-12(7-10)16(26)20-15(11)25/h3-4,7,24,27H,2,5-6H2,1H3,(H,20,25,26). The predicted molar refractivity (Wildman–Crippen MR) is 95.9 cm³/mol. The third-order valence-electron chi connectivity index (χ3n) is 4.29. The highest BCUT2D eigenvalue weighted by Crippen LogP contribution is 2.28.